The number of furan rings is 1. The summed E-state index contributed by atoms with van der Waals surface area (Å²) in [5.41, 5.74) is 1.04. The van der Waals surface area contributed by atoms with Crippen molar-refractivity contribution in [1.29, 1.82) is 0 Å². The van der Waals surface area contributed by atoms with Crippen LogP contribution in [0.25, 0.3) is 11.6 Å². The predicted octanol–water partition coefficient (Wildman–Crippen LogP) is 2.71. The van der Waals surface area contributed by atoms with E-state index in [-0.39, 0.29) is 0 Å². The molecule has 0 fully saturated rings. The van der Waals surface area contributed by atoms with E-state index in [0.29, 0.717) is 0 Å². The molecule has 2 aromatic rings. The summed E-state index contributed by atoms with van der Waals surface area (Å²) in [6, 6.07) is 3.78. The maximum absolute atomic E-state index is 10.2. The third kappa shape index (κ3) is 1.77. The van der Waals surface area contributed by atoms with E-state index in [1.165, 1.54) is 0 Å². The summed E-state index contributed by atoms with van der Waals surface area (Å²) in [5, 5.41) is 10.2. The van der Waals surface area contributed by atoms with E-state index in [0.717, 1.165) is 48.8 Å². The Morgan fingerprint density at radius 1 is 1.39 bits per heavy atom. The molecule has 0 amide bonds. The zero-order chi connectivity index (χ0) is 12.8. The number of aromatic nitrogens is 2. The Morgan fingerprint density at radius 3 is 2.89 bits per heavy atom. The number of imidazole rings is 1. The van der Waals surface area contributed by atoms with Crippen LogP contribution in [0.15, 0.2) is 22.8 Å². The summed E-state index contributed by atoms with van der Waals surface area (Å²) in [7, 11) is 0. The molecule has 0 aliphatic carbocycles. The van der Waals surface area contributed by atoms with E-state index in [9.17, 15) is 5.11 Å². The fourth-order valence-electron chi connectivity index (χ4n) is 2.63. The molecule has 3 heterocycles. The van der Waals surface area contributed by atoms with E-state index in [4.69, 9.17) is 4.42 Å². The minimum absolute atomic E-state index is 0.772. The van der Waals surface area contributed by atoms with Gasteiger partial charge in [-0.05, 0) is 45.2 Å². The normalized spacial score (nSPS) is 15.7. The lowest BCUT2D eigenvalue weighted by Crippen LogP contribution is -2.20. The molecular formula is C14H18N2O2. The van der Waals surface area contributed by atoms with Gasteiger partial charge in [-0.15, -0.1) is 0 Å². The van der Waals surface area contributed by atoms with Crippen molar-refractivity contribution in [3.8, 4) is 11.6 Å². The molecule has 4 nitrogen and oxygen atoms in total. The number of nitrogens with zero attached hydrogens (tertiary/aromatic N) is 2. The van der Waals surface area contributed by atoms with Crippen molar-refractivity contribution in [2.45, 2.75) is 45.3 Å². The van der Waals surface area contributed by atoms with Gasteiger partial charge in [-0.2, -0.15) is 0 Å². The molecule has 0 unspecified atom stereocenters. The first-order valence-corrected chi connectivity index (χ1v) is 6.43. The van der Waals surface area contributed by atoms with Crippen LogP contribution >= 0.6 is 0 Å². The van der Waals surface area contributed by atoms with Gasteiger partial charge in [0.15, 0.2) is 11.6 Å². The Morgan fingerprint density at radius 2 is 2.22 bits per heavy atom. The number of hydrogen-bond donors (Lipinski definition) is 1. The standard InChI is InChI=1S/C14H18N2O2/c1-14(2,17)12-10-6-3-4-8-16(10)13(15-12)11-7-5-9-18-11/h5,7,9,17H,3-4,6,8H2,1-2H3. The summed E-state index contributed by atoms with van der Waals surface area (Å²) >= 11 is 0. The highest BCUT2D eigenvalue weighted by molar-refractivity contribution is 5.50. The molecule has 0 bridgehead atoms. The summed E-state index contributed by atoms with van der Waals surface area (Å²) in [6.07, 6.45) is 4.95. The molecule has 0 aromatic carbocycles. The second kappa shape index (κ2) is 3.99. The average molecular weight is 246 g/mol. The second-order valence-corrected chi connectivity index (χ2v) is 5.38. The molecule has 0 saturated heterocycles. The first-order valence-electron chi connectivity index (χ1n) is 6.43. The molecule has 0 spiro atoms. The van der Waals surface area contributed by atoms with Crippen LogP contribution < -0.4 is 0 Å². The Bertz CT molecular complexity index is 547. The molecule has 0 saturated carbocycles. The molecule has 0 atom stereocenters. The minimum Gasteiger partial charge on any atom is -0.461 e. The molecule has 0 radical (unpaired) electrons. The zero-order valence-electron chi connectivity index (χ0n) is 10.8. The van der Waals surface area contributed by atoms with E-state index in [1.807, 2.05) is 12.1 Å². The largest absolute Gasteiger partial charge is 0.461 e. The number of rotatable bonds is 2. The average Bonchev–Trinajstić information content (AvgIpc) is 2.94. The highest BCUT2D eigenvalue weighted by Gasteiger charge is 2.29. The van der Waals surface area contributed by atoms with Crippen molar-refractivity contribution >= 4 is 0 Å². The Labute approximate surface area is 106 Å². The van der Waals surface area contributed by atoms with Gasteiger partial charge in [0.1, 0.15) is 5.60 Å². The van der Waals surface area contributed by atoms with Gasteiger partial charge in [-0.3, -0.25) is 0 Å². The molecule has 18 heavy (non-hydrogen) atoms. The number of fused-ring (bicyclic) bond motifs is 1. The topological polar surface area (TPSA) is 51.2 Å². The van der Waals surface area contributed by atoms with Crippen molar-refractivity contribution in [1.82, 2.24) is 9.55 Å². The quantitative estimate of drug-likeness (QED) is 0.886. The summed E-state index contributed by atoms with van der Waals surface area (Å²) in [5.74, 6) is 1.61. The van der Waals surface area contributed by atoms with Crippen LogP contribution in [0.4, 0.5) is 0 Å². The summed E-state index contributed by atoms with van der Waals surface area (Å²) < 4.78 is 7.64. The molecule has 1 N–H and O–H groups in total. The van der Waals surface area contributed by atoms with Crippen molar-refractivity contribution in [3.63, 3.8) is 0 Å². The van der Waals surface area contributed by atoms with Crippen molar-refractivity contribution in [2.24, 2.45) is 0 Å². The Balaban J connectivity index is 2.19. The van der Waals surface area contributed by atoms with Gasteiger partial charge < -0.3 is 14.1 Å². The second-order valence-electron chi connectivity index (χ2n) is 5.38. The smallest absolute Gasteiger partial charge is 0.176 e. The van der Waals surface area contributed by atoms with Crippen LogP contribution in [0, 0.1) is 0 Å². The van der Waals surface area contributed by atoms with Gasteiger partial charge in [0.05, 0.1) is 12.0 Å². The fraction of sp³-hybridized carbons (Fsp3) is 0.500. The van der Waals surface area contributed by atoms with E-state index >= 15 is 0 Å². The lowest BCUT2D eigenvalue weighted by atomic mass is 9.99. The van der Waals surface area contributed by atoms with Crippen molar-refractivity contribution in [2.75, 3.05) is 0 Å². The number of aliphatic hydroxyl groups is 1. The lowest BCUT2D eigenvalue weighted by molar-refractivity contribution is 0.0729. The maximum Gasteiger partial charge on any atom is 0.176 e. The maximum atomic E-state index is 10.2. The van der Waals surface area contributed by atoms with Crippen LogP contribution in [-0.2, 0) is 18.6 Å². The third-order valence-electron chi connectivity index (χ3n) is 3.44. The first-order chi connectivity index (χ1) is 8.57. The van der Waals surface area contributed by atoms with Gasteiger partial charge in [-0.25, -0.2) is 4.98 Å². The highest BCUT2D eigenvalue weighted by atomic mass is 16.3. The van der Waals surface area contributed by atoms with Crippen molar-refractivity contribution < 1.29 is 9.52 Å². The molecule has 4 heteroatoms. The van der Waals surface area contributed by atoms with Crippen LogP contribution in [0.1, 0.15) is 38.1 Å². The molecular weight excluding hydrogens is 228 g/mol. The molecule has 2 aromatic heterocycles. The van der Waals surface area contributed by atoms with Crippen LogP contribution in [0.5, 0.6) is 0 Å². The minimum atomic E-state index is -0.904. The van der Waals surface area contributed by atoms with Crippen LogP contribution in [0.3, 0.4) is 0 Å². The monoisotopic (exact) mass is 246 g/mol. The molecule has 96 valence electrons. The summed E-state index contributed by atoms with van der Waals surface area (Å²) in [6.45, 7) is 4.53. The van der Waals surface area contributed by atoms with E-state index in [1.54, 1.807) is 20.1 Å². The van der Waals surface area contributed by atoms with Gasteiger partial charge in [0.2, 0.25) is 0 Å². The van der Waals surface area contributed by atoms with Gasteiger partial charge in [0, 0.05) is 12.2 Å². The highest BCUT2D eigenvalue weighted by Crippen LogP contribution is 2.32. The van der Waals surface area contributed by atoms with Gasteiger partial charge in [-0.1, -0.05) is 0 Å². The van der Waals surface area contributed by atoms with E-state index in [2.05, 4.69) is 9.55 Å². The van der Waals surface area contributed by atoms with Gasteiger partial charge in [0.25, 0.3) is 0 Å². The zero-order valence-corrected chi connectivity index (χ0v) is 10.8. The number of hydrogen-bond acceptors (Lipinski definition) is 3. The van der Waals surface area contributed by atoms with Crippen molar-refractivity contribution in [3.05, 3.63) is 29.8 Å². The first kappa shape index (κ1) is 11.5. The SMILES string of the molecule is CC(C)(O)c1nc(-c2ccco2)n2c1CCCC2. The van der Waals surface area contributed by atoms with Crippen LogP contribution in [0.2, 0.25) is 0 Å². The van der Waals surface area contributed by atoms with Gasteiger partial charge >= 0.3 is 0 Å². The molecule has 1 aliphatic rings. The molecule has 3 rings (SSSR count). The fourth-order valence-corrected chi connectivity index (χ4v) is 2.63. The predicted molar refractivity (Wildman–Crippen MR) is 68.1 cm³/mol. The Hall–Kier alpha value is -1.55. The van der Waals surface area contributed by atoms with Crippen LogP contribution in [-0.4, -0.2) is 14.7 Å². The summed E-state index contributed by atoms with van der Waals surface area (Å²) in [4.78, 5) is 4.62. The Kier molecular flexibility index (Phi) is 2.55. The van der Waals surface area contributed by atoms with E-state index < -0.39 is 5.60 Å². The third-order valence-corrected chi connectivity index (χ3v) is 3.44. The lowest BCUT2D eigenvalue weighted by Gasteiger charge is -2.21. The molecule has 1 aliphatic heterocycles.